The Balaban J connectivity index is 1.26. The summed E-state index contributed by atoms with van der Waals surface area (Å²) in [4.78, 5) is 32.6. The minimum Gasteiger partial charge on any atom is -0.325 e. The van der Waals surface area contributed by atoms with Crippen LogP contribution in [0.1, 0.15) is 23.5 Å². The fourth-order valence-electron chi connectivity index (χ4n) is 6.58. The number of halogens is 2. The van der Waals surface area contributed by atoms with Crippen molar-refractivity contribution in [1.29, 1.82) is 0 Å². The van der Waals surface area contributed by atoms with Gasteiger partial charge in [-0.15, -0.1) is 5.10 Å². The highest BCUT2D eigenvalue weighted by molar-refractivity contribution is 6.30. The van der Waals surface area contributed by atoms with Crippen molar-refractivity contribution in [3.63, 3.8) is 0 Å². The van der Waals surface area contributed by atoms with Gasteiger partial charge in [0.15, 0.2) is 0 Å². The van der Waals surface area contributed by atoms with Gasteiger partial charge in [-0.2, -0.15) is 9.78 Å². The number of piperidine rings is 1. The van der Waals surface area contributed by atoms with Gasteiger partial charge in [0.05, 0.1) is 17.4 Å². The first kappa shape index (κ1) is 30.7. The number of anilines is 1. The summed E-state index contributed by atoms with van der Waals surface area (Å²) in [7, 11) is 0. The summed E-state index contributed by atoms with van der Waals surface area (Å²) in [6.07, 6.45) is 6.88. The van der Waals surface area contributed by atoms with E-state index in [1.54, 1.807) is 53.6 Å². The maximum absolute atomic E-state index is 14.3. The fraction of sp³-hybridized carbons (Fsp3) is 0.273. The summed E-state index contributed by atoms with van der Waals surface area (Å²) in [5.41, 5.74) is 3.47. The van der Waals surface area contributed by atoms with Gasteiger partial charge in [-0.25, -0.2) is 4.39 Å². The molecule has 3 aromatic carbocycles. The Morgan fingerprint density at radius 2 is 1.87 bits per heavy atom. The van der Waals surface area contributed by atoms with Crippen molar-refractivity contribution in [2.75, 3.05) is 38.0 Å². The van der Waals surface area contributed by atoms with Gasteiger partial charge in [-0.1, -0.05) is 23.7 Å². The molecule has 0 spiro atoms. The highest BCUT2D eigenvalue weighted by atomic mass is 35.5. The van der Waals surface area contributed by atoms with E-state index in [2.05, 4.69) is 41.3 Å². The average molecular weight is 655 g/mol. The largest absolute Gasteiger partial charge is 0.325 e. The van der Waals surface area contributed by atoms with Crippen molar-refractivity contribution in [3.05, 3.63) is 101 Å². The molecular formula is C33H32ClFN10O2. The molecule has 0 unspecified atom stereocenters. The van der Waals surface area contributed by atoms with E-state index in [1.165, 1.54) is 29.2 Å². The predicted octanol–water partition coefficient (Wildman–Crippen LogP) is 3.64. The Morgan fingerprint density at radius 3 is 2.66 bits per heavy atom. The van der Waals surface area contributed by atoms with Crippen LogP contribution in [0.5, 0.6) is 0 Å². The molecule has 240 valence electrons. The van der Waals surface area contributed by atoms with Crippen LogP contribution in [0.15, 0.2) is 79.3 Å². The van der Waals surface area contributed by atoms with Gasteiger partial charge in [-0.05, 0) is 77.0 Å². The lowest BCUT2D eigenvalue weighted by atomic mass is 9.80. The van der Waals surface area contributed by atoms with Crippen molar-refractivity contribution in [1.82, 2.24) is 45.5 Å². The molecular weight excluding hydrogens is 623 g/mol. The molecule has 2 aliphatic rings. The fourth-order valence-corrected chi connectivity index (χ4v) is 6.76. The maximum Gasteiger partial charge on any atom is 0.247 e. The first-order valence-electron chi connectivity index (χ1n) is 15.4. The number of rotatable bonds is 7. The highest BCUT2D eigenvalue weighted by Crippen LogP contribution is 2.36. The number of nitrogens with zero attached hydrogens (tertiary/aromatic N) is 7. The van der Waals surface area contributed by atoms with Crippen LogP contribution in [0, 0.1) is 5.82 Å². The van der Waals surface area contributed by atoms with Crippen LogP contribution in [0.2, 0.25) is 5.02 Å². The zero-order valence-electron chi connectivity index (χ0n) is 25.3. The minimum absolute atomic E-state index is 0.0150. The summed E-state index contributed by atoms with van der Waals surface area (Å²) in [5.74, 6) is -1.44. The molecule has 2 fully saturated rings. The third kappa shape index (κ3) is 6.64. The maximum atomic E-state index is 14.3. The third-order valence-corrected chi connectivity index (χ3v) is 9.10. The first-order valence-corrected chi connectivity index (χ1v) is 15.8. The van der Waals surface area contributed by atoms with Crippen LogP contribution in [0.4, 0.5) is 10.1 Å². The van der Waals surface area contributed by atoms with E-state index in [0.717, 1.165) is 42.6 Å². The Bertz CT molecular complexity index is 1910. The van der Waals surface area contributed by atoms with Gasteiger partial charge in [-0.3, -0.25) is 19.6 Å². The van der Waals surface area contributed by atoms with Gasteiger partial charge in [0.2, 0.25) is 11.8 Å². The molecule has 4 heterocycles. The molecule has 2 aromatic heterocycles. The molecule has 7 rings (SSSR count). The van der Waals surface area contributed by atoms with E-state index in [9.17, 15) is 14.0 Å². The number of carbonyl (C=O) groups excluding carboxylic acids is 2. The molecule has 2 saturated heterocycles. The van der Waals surface area contributed by atoms with Crippen LogP contribution in [0.3, 0.4) is 0 Å². The number of nitrogens with one attached hydrogen (secondary N) is 3. The quantitative estimate of drug-likeness (QED) is 0.226. The second-order valence-corrected chi connectivity index (χ2v) is 12.2. The Hall–Kier alpha value is -4.98. The van der Waals surface area contributed by atoms with Crippen molar-refractivity contribution < 1.29 is 14.0 Å². The molecule has 2 amide bonds. The summed E-state index contributed by atoms with van der Waals surface area (Å²) in [6, 6.07) is 16.0. The molecule has 14 heteroatoms. The number of benzene rings is 3. The Morgan fingerprint density at radius 1 is 1.04 bits per heavy atom. The highest BCUT2D eigenvalue weighted by Gasteiger charge is 2.44. The predicted molar refractivity (Wildman–Crippen MR) is 175 cm³/mol. The summed E-state index contributed by atoms with van der Waals surface area (Å²) in [5, 5.41) is 26.2. The van der Waals surface area contributed by atoms with Gasteiger partial charge >= 0.3 is 0 Å². The molecule has 0 saturated carbocycles. The van der Waals surface area contributed by atoms with E-state index in [0.29, 0.717) is 34.9 Å². The van der Waals surface area contributed by atoms with Crippen LogP contribution < -0.4 is 10.6 Å². The minimum atomic E-state index is -0.879. The Kier molecular flexibility index (Phi) is 8.74. The molecule has 3 N–H and O–H groups in total. The monoisotopic (exact) mass is 654 g/mol. The lowest BCUT2D eigenvalue weighted by Crippen LogP contribution is -2.61. The average Bonchev–Trinajstić information content (AvgIpc) is 3.80. The second-order valence-electron chi connectivity index (χ2n) is 11.7. The summed E-state index contributed by atoms with van der Waals surface area (Å²) >= 11 is 6.33. The summed E-state index contributed by atoms with van der Waals surface area (Å²) in [6.45, 7) is 3.65. The zero-order chi connectivity index (χ0) is 32.3. The van der Waals surface area contributed by atoms with E-state index in [4.69, 9.17) is 11.6 Å². The van der Waals surface area contributed by atoms with Crippen molar-refractivity contribution >= 4 is 46.1 Å². The van der Waals surface area contributed by atoms with E-state index >= 15 is 0 Å². The number of aromatic amines is 1. The van der Waals surface area contributed by atoms with E-state index in [1.807, 2.05) is 12.1 Å². The lowest BCUT2D eigenvalue weighted by Gasteiger charge is -2.47. The van der Waals surface area contributed by atoms with E-state index < -0.39 is 12.0 Å². The molecule has 2 aliphatic heterocycles. The number of carbonyl (C=O) groups is 2. The number of H-pyrrole nitrogens is 1. The number of likely N-dealkylation sites (tertiary alicyclic amines) is 1. The number of tetrazole rings is 1. The topological polar surface area (TPSA) is 137 Å². The standard InChI is InChI=1S/C33H32ClFN10O2/c34-24-4-9-30(45-20-38-41-42-45)22(15-24)3-10-31(46)44-19-27(43-13-11-36-12-14-43)17-28(21-1-5-25(35)6-2-21)32(44)33(47)39-26-7-8-29-23(16-26)18-37-40-29/h1-10,15-16,18,20,27-28,32,36H,11-14,17,19H2,(H,37,40)(H,39,47)/b10-3+/t27-,28-,32-/m0/s1. The molecule has 0 aliphatic carbocycles. The normalized spacial score (nSPS) is 20.6. The van der Waals surface area contributed by atoms with Gasteiger partial charge < -0.3 is 15.5 Å². The molecule has 0 bridgehead atoms. The number of amides is 2. The number of aromatic nitrogens is 6. The molecule has 3 atom stereocenters. The number of piperazine rings is 1. The Labute approximate surface area is 274 Å². The van der Waals surface area contributed by atoms with Crippen LogP contribution in [0.25, 0.3) is 22.7 Å². The smallest absolute Gasteiger partial charge is 0.247 e. The first-order chi connectivity index (χ1) is 22.9. The van der Waals surface area contributed by atoms with Crippen molar-refractivity contribution in [2.45, 2.75) is 24.4 Å². The summed E-state index contributed by atoms with van der Waals surface area (Å²) < 4.78 is 15.6. The molecule has 5 aromatic rings. The van der Waals surface area contributed by atoms with Crippen LogP contribution >= 0.6 is 11.6 Å². The van der Waals surface area contributed by atoms with Crippen LogP contribution in [-0.4, -0.2) is 96.8 Å². The number of fused-ring (bicyclic) bond motifs is 1. The van der Waals surface area contributed by atoms with Crippen molar-refractivity contribution in [2.24, 2.45) is 0 Å². The second kappa shape index (κ2) is 13.4. The third-order valence-electron chi connectivity index (χ3n) is 8.87. The molecule has 12 nitrogen and oxygen atoms in total. The van der Waals surface area contributed by atoms with Gasteiger partial charge in [0, 0.05) is 72.4 Å². The lowest BCUT2D eigenvalue weighted by molar-refractivity contribution is -0.139. The molecule has 0 radical (unpaired) electrons. The van der Waals surface area contributed by atoms with Crippen molar-refractivity contribution in [3.8, 4) is 5.69 Å². The van der Waals surface area contributed by atoms with Gasteiger partial charge in [0.25, 0.3) is 0 Å². The van der Waals surface area contributed by atoms with Crippen LogP contribution in [-0.2, 0) is 9.59 Å². The number of hydrogen-bond acceptors (Lipinski definition) is 8. The van der Waals surface area contributed by atoms with E-state index in [-0.39, 0.29) is 23.7 Å². The zero-order valence-corrected chi connectivity index (χ0v) is 26.0. The molecule has 47 heavy (non-hydrogen) atoms. The van der Waals surface area contributed by atoms with Gasteiger partial charge in [0.1, 0.15) is 18.2 Å². The number of hydrogen-bond donors (Lipinski definition) is 3. The SMILES string of the molecule is O=C(Nc1ccc2[nH]ncc2c1)[C@@H]1[C@H](c2ccc(F)cc2)C[C@H](N2CCNCC2)CN1C(=O)/C=C/c1cc(Cl)ccc1-n1cnnn1.